The maximum absolute atomic E-state index is 12.7. The maximum atomic E-state index is 12.7. The van der Waals surface area contributed by atoms with E-state index < -0.39 is 5.91 Å². The maximum Gasteiger partial charge on any atom is 0.251 e. The van der Waals surface area contributed by atoms with E-state index in [0.717, 1.165) is 41.2 Å². The molecule has 0 bridgehead atoms. The van der Waals surface area contributed by atoms with Crippen LogP contribution in [0.1, 0.15) is 41.0 Å². The molecule has 3 aromatic rings. The summed E-state index contributed by atoms with van der Waals surface area (Å²) in [6, 6.07) is 7.16. The Morgan fingerprint density at radius 2 is 2.07 bits per heavy atom. The van der Waals surface area contributed by atoms with Gasteiger partial charge in [0, 0.05) is 10.9 Å². The molecule has 3 N–H and O–H groups in total. The largest absolute Gasteiger partial charge is 0.366 e. The number of aromatic nitrogens is 1. The average molecular weight is 449 g/mol. The number of hydrogen-bond donors (Lipinski definition) is 2. The van der Waals surface area contributed by atoms with Gasteiger partial charge in [-0.2, -0.15) is 0 Å². The Hall–Kier alpha value is -2.00. The summed E-state index contributed by atoms with van der Waals surface area (Å²) >= 11 is 9.10. The second-order valence-corrected chi connectivity index (χ2v) is 9.58. The SMILES string of the molecule is CC(C(=O)Nc1sccc1C(N)=O)N1CCC(c2nc3cc(Cl)ccc3s2)CC1. The number of nitrogens with two attached hydrogens (primary N) is 1. The standard InChI is InChI=1S/C20H21ClN4O2S2/c1-11(18(27)24-20-14(17(22)26)6-9-28-20)25-7-4-12(5-8-25)19-23-15-10-13(21)2-3-16(15)29-19/h2-3,6,9-12H,4-5,7-8H2,1H3,(H2,22,26)(H,24,27). The second kappa shape index (κ2) is 8.39. The molecular formula is C20H21ClN4O2S2. The minimum absolute atomic E-state index is 0.122. The van der Waals surface area contributed by atoms with E-state index >= 15 is 0 Å². The van der Waals surface area contributed by atoms with Crippen molar-refractivity contribution in [1.82, 2.24) is 9.88 Å². The van der Waals surface area contributed by atoms with E-state index in [1.165, 1.54) is 11.3 Å². The van der Waals surface area contributed by atoms with E-state index in [1.807, 2.05) is 25.1 Å². The van der Waals surface area contributed by atoms with E-state index in [9.17, 15) is 9.59 Å². The number of hydrogen-bond acceptors (Lipinski definition) is 6. The number of piperidine rings is 1. The first-order valence-corrected chi connectivity index (χ1v) is 11.5. The third-order valence-corrected chi connectivity index (χ3v) is 7.60. The predicted molar refractivity (Wildman–Crippen MR) is 119 cm³/mol. The molecule has 0 radical (unpaired) electrons. The van der Waals surface area contributed by atoms with Gasteiger partial charge in [-0.1, -0.05) is 11.6 Å². The Bertz CT molecular complexity index is 1060. The number of thiophene rings is 1. The van der Waals surface area contributed by atoms with Crippen molar-refractivity contribution in [3.8, 4) is 0 Å². The van der Waals surface area contributed by atoms with Gasteiger partial charge in [0.1, 0.15) is 5.00 Å². The number of thiazole rings is 1. The number of nitrogens with one attached hydrogen (secondary N) is 1. The van der Waals surface area contributed by atoms with Crippen molar-refractivity contribution in [3.05, 3.63) is 45.2 Å². The molecule has 152 valence electrons. The molecular weight excluding hydrogens is 428 g/mol. The zero-order chi connectivity index (χ0) is 20.5. The Labute approximate surface area is 181 Å². The summed E-state index contributed by atoms with van der Waals surface area (Å²) in [5.74, 6) is -0.258. The minimum Gasteiger partial charge on any atom is -0.366 e. The van der Waals surface area contributed by atoms with Crippen LogP contribution in [0.4, 0.5) is 5.00 Å². The summed E-state index contributed by atoms with van der Waals surface area (Å²) < 4.78 is 1.15. The number of halogens is 1. The summed E-state index contributed by atoms with van der Waals surface area (Å²) in [6.07, 6.45) is 1.91. The quantitative estimate of drug-likeness (QED) is 0.608. The summed E-state index contributed by atoms with van der Waals surface area (Å²) in [5, 5.41) is 6.95. The van der Waals surface area contributed by atoms with Gasteiger partial charge in [0.2, 0.25) is 5.91 Å². The van der Waals surface area contributed by atoms with Crippen LogP contribution < -0.4 is 11.1 Å². The molecule has 2 aromatic heterocycles. The minimum atomic E-state index is -0.535. The van der Waals surface area contributed by atoms with Gasteiger partial charge in [-0.25, -0.2) is 4.98 Å². The Morgan fingerprint density at radius 1 is 1.31 bits per heavy atom. The van der Waals surface area contributed by atoms with Gasteiger partial charge in [-0.3, -0.25) is 14.5 Å². The van der Waals surface area contributed by atoms with Gasteiger partial charge < -0.3 is 11.1 Å². The average Bonchev–Trinajstić information content (AvgIpc) is 3.34. The van der Waals surface area contributed by atoms with E-state index in [-0.39, 0.29) is 11.9 Å². The fourth-order valence-corrected chi connectivity index (χ4v) is 5.69. The van der Waals surface area contributed by atoms with Crippen molar-refractivity contribution >= 4 is 61.3 Å². The van der Waals surface area contributed by atoms with Crippen LogP contribution in [-0.4, -0.2) is 40.8 Å². The highest BCUT2D eigenvalue weighted by molar-refractivity contribution is 7.18. The monoisotopic (exact) mass is 448 g/mol. The molecule has 0 saturated carbocycles. The number of benzene rings is 1. The Balaban J connectivity index is 1.37. The predicted octanol–water partition coefficient (Wildman–Crippen LogP) is 4.32. The zero-order valence-corrected chi connectivity index (χ0v) is 18.2. The van der Waals surface area contributed by atoms with Crippen LogP contribution in [0.5, 0.6) is 0 Å². The van der Waals surface area contributed by atoms with Crippen LogP contribution in [0.2, 0.25) is 5.02 Å². The lowest BCUT2D eigenvalue weighted by Crippen LogP contribution is -2.45. The fourth-order valence-electron chi connectivity index (χ4n) is 3.61. The number of rotatable bonds is 5. The third-order valence-electron chi connectivity index (χ3n) is 5.34. The third kappa shape index (κ3) is 4.30. The molecule has 3 heterocycles. The molecule has 0 aliphatic carbocycles. The summed E-state index contributed by atoms with van der Waals surface area (Å²) in [7, 11) is 0. The number of carbonyl (C=O) groups excluding carboxylic acids is 2. The first-order valence-electron chi connectivity index (χ1n) is 9.40. The van der Waals surface area contributed by atoms with Crippen molar-refractivity contribution in [2.24, 2.45) is 5.73 Å². The number of amides is 2. The van der Waals surface area contributed by atoms with E-state index in [4.69, 9.17) is 22.3 Å². The number of nitrogens with zero attached hydrogens (tertiary/aromatic N) is 2. The molecule has 1 unspecified atom stereocenters. The molecule has 1 aromatic carbocycles. The van der Waals surface area contributed by atoms with Gasteiger partial charge >= 0.3 is 0 Å². The summed E-state index contributed by atoms with van der Waals surface area (Å²) in [5.41, 5.74) is 6.66. The number of carbonyl (C=O) groups is 2. The van der Waals surface area contributed by atoms with Crippen LogP contribution >= 0.6 is 34.3 Å². The van der Waals surface area contributed by atoms with E-state index in [2.05, 4.69) is 10.2 Å². The molecule has 1 saturated heterocycles. The zero-order valence-electron chi connectivity index (χ0n) is 15.9. The molecule has 6 nitrogen and oxygen atoms in total. The number of fused-ring (bicyclic) bond motifs is 1. The highest BCUT2D eigenvalue weighted by Crippen LogP contribution is 2.35. The first-order chi connectivity index (χ1) is 13.9. The molecule has 29 heavy (non-hydrogen) atoms. The molecule has 2 amide bonds. The van der Waals surface area contributed by atoms with Gasteiger partial charge in [-0.15, -0.1) is 22.7 Å². The molecule has 4 rings (SSSR count). The van der Waals surface area contributed by atoms with Crippen molar-refractivity contribution in [2.45, 2.75) is 31.7 Å². The van der Waals surface area contributed by atoms with Gasteiger partial charge in [0.15, 0.2) is 0 Å². The lowest BCUT2D eigenvalue weighted by atomic mass is 9.96. The smallest absolute Gasteiger partial charge is 0.251 e. The highest BCUT2D eigenvalue weighted by Gasteiger charge is 2.29. The van der Waals surface area contributed by atoms with E-state index in [1.54, 1.807) is 22.8 Å². The number of anilines is 1. The molecule has 1 fully saturated rings. The summed E-state index contributed by atoms with van der Waals surface area (Å²) in [4.78, 5) is 31.1. The van der Waals surface area contributed by atoms with Crippen molar-refractivity contribution in [1.29, 1.82) is 0 Å². The molecule has 9 heteroatoms. The van der Waals surface area contributed by atoms with Crippen molar-refractivity contribution in [2.75, 3.05) is 18.4 Å². The molecule has 1 atom stereocenters. The van der Waals surface area contributed by atoms with E-state index in [0.29, 0.717) is 21.5 Å². The second-order valence-electron chi connectivity index (χ2n) is 7.17. The lowest BCUT2D eigenvalue weighted by molar-refractivity contribution is -0.121. The lowest BCUT2D eigenvalue weighted by Gasteiger charge is -2.34. The van der Waals surface area contributed by atoms with Crippen molar-refractivity contribution < 1.29 is 9.59 Å². The number of likely N-dealkylation sites (tertiary alicyclic amines) is 1. The molecule has 0 spiro atoms. The highest BCUT2D eigenvalue weighted by atomic mass is 35.5. The summed E-state index contributed by atoms with van der Waals surface area (Å²) in [6.45, 7) is 3.54. The normalized spacial score (nSPS) is 16.8. The van der Waals surface area contributed by atoms with Crippen molar-refractivity contribution in [3.63, 3.8) is 0 Å². The molecule has 1 aliphatic rings. The topological polar surface area (TPSA) is 88.3 Å². The van der Waals surface area contributed by atoms with Crippen LogP contribution in [0.25, 0.3) is 10.2 Å². The van der Waals surface area contributed by atoms with Gasteiger partial charge in [-0.05, 0) is 62.5 Å². The van der Waals surface area contributed by atoms with Gasteiger partial charge in [0.05, 0.1) is 26.8 Å². The fraction of sp³-hybridized carbons (Fsp3) is 0.350. The van der Waals surface area contributed by atoms with Crippen LogP contribution in [-0.2, 0) is 4.79 Å². The number of primary amides is 1. The Morgan fingerprint density at radius 3 is 2.79 bits per heavy atom. The van der Waals surface area contributed by atoms with Crippen LogP contribution in [0, 0.1) is 0 Å². The Kier molecular flexibility index (Phi) is 5.87. The van der Waals surface area contributed by atoms with Crippen LogP contribution in [0.3, 0.4) is 0 Å². The molecule has 1 aliphatic heterocycles. The van der Waals surface area contributed by atoms with Crippen LogP contribution in [0.15, 0.2) is 29.6 Å². The van der Waals surface area contributed by atoms with Gasteiger partial charge in [0.25, 0.3) is 5.91 Å². The first kappa shape index (κ1) is 20.3.